The summed E-state index contributed by atoms with van der Waals surface area (Å²) in [5.41, 5.74) is 2.66. The number of rotatable bonds is 5. The number of benzene rings is 1. The third-order valence-electron chi connectivity index (χ3n) is 4.78. The average molecular weight is 378 g/mol. The molecule has 1 fully saturated rings. The van der Waals surface area contributed by atoms with Crippen molar-refractivity contribution in [3.05, 3.63) is 35.0 Å². The lowest BCUT2D eigenvalue weighted by atomic mass is 10.1. The Labute approximate surface area is 152 Å². The Hall–Kier alpha value is -2.42. The zero-order valence-corrected chi connectivity index (χ0v) is 15.8. The molecule has 9 heteroatoms. The van der Waals surface area contributed by atoms with Gasteiger partial charge in [-0.2, -0.15) is 0 Å². The van der Waals surface area contributed by atoms with Crippen molar-refractivity contribution in [1.82, 2.24) is 15.0 Å². The van der Waals surface area contributed by atoms with Gasteiger partial charge in [0.1, 0.15) is 0 Å². The van der Waals surface area contributed by atoms with Gasteiger partial charge >= 0.3 is 5.97 Å². The first-order valence-electron chi connectivity index (χ1n) is 8.47. The number of sulfone groups is 1. The van der Waals surface area contributed by atoms with Gasteiger partial charge in [0.25, 0.3) is 0 Å². The molecule has 26 heavy (non-hydrogen) atoms. The Morgan fingerprint density at radius 3 is 2.58 bits per heavy atom. The molecule has 0 radical (unpaired) electrons. The molecular formula is C17H22N4O4S. The lowest BCUT2D eigenvalue weighted by Gasteiger charge is -2.26. The van der Waals surface area contributed by atoms with Crippen molar-refractivity contribution in [2.45, 2.75) is 33.2 Å². The highest BCUT2D eigenvalue weighted by Crippen LogP contribution is 2.26. The van der Waals surface area contributed by atoms with E-state index in [1.54, 1.807) is 4.90 Å². The summed E-state index contributed by atoms with van der Waals surface area (Å²) < 4.78 is 23.6. The predicted octanol–water partition coefficient (Wildman–Crippen LogP) is 1.60. The van der Waals surface area contributed by atoms with Crippen LogP contribution in [0.3, 0.4) is 0 Å². The molecule has 8 nitrogen and oxygen atoms in total. The first-order valence-corrected chi connectivity index (χ1v) is 10.3. The van der Waals surface area contributed by atoms with Gasteiger partial charge in [0.2, 0.25) is 5.69 Å². The van der Waals surface area contributed by atoms with Crippen LogP contribution < -0.4 is 4.90 Å². The Morgan fingerprint density at radius 1 is 1.31 bits per heavy atom. The second-order valence-corrected chi connectivity index (χ2v) is 8.81. The fourth-order valence-corrected chi connectivity index (χ4v) is 4.93. The monoisotopic (exact) mass is 378 g/mol. The molecule has 1 aliphatic rings. The summed E-state index contributed by atoms with van der Waals surface area (Å²) in [4.78, 5) is 14.7. The van der Waals surface area contributed by atoms with Crippen LogP contribution in [0, 0.1) is 13.8 Å². The van der Waals surface area contributed by atoms with E-state index in [2.05, 4.69) is 10.2 Å². The lowest BCUT2D eigenvalue weighted by Crippen LogP contribution is -2.37. The van der Waals surface area contributed by atoms with Gasteiger partial charge in [0, 0.05) is 12.6 Å². The molecule has 2 heterocycles. The Morgan fingerprint density at radius 2 is 2.04 bits per heavy atom. The minimum atomic E-state index is -3.09. The normalized spacial score (nSPS) is 18.8. The van der Waals surface area contributed by atoms with E-state index < -0.39 is 15.8 Å². The number of carboxylic acid groups (broad SMARTS) is 1. The molecule has 1 aliphatic heterocycles. The molecular weight excluding hydrogens is 356 g/mol. The molecule has 140 valence electrons. The smallest absolute Gasteiger partial charge is 0.360 e. The molecule has 1 aromatic heterocycles. The molecule has 0 bridgehead atoms. The number of carbonyl (C=O) groups is 1. The first kappa shape index (κ1) is 18.4. The Balaban J connectivity index is 2.04. The van der Waals surface area contributed by atoms with Gasteiger partial charge in [-0.1, -0.05) is 6.07 Å². The van der Waals surface area contributed by atoms with Crippen LogP contribution in [0.1, 0.15) is 35.0 Å². The second-order valence-electron chi connectivity index (χ2n) is 6.58. The fraction of sp³-hybridized carbons (Fsp3) is 0.471. The standard InChI is InChI=1S/C17H22N4O4S/c1-4-20(14-7-8-26(24,25)10-14)16-15(17(22)23)18-21(19-16)13-6-5-11(2)12(3)9-13/h5-6,9,14H,4,7-8,10H2,1-3H3,(H,22,23). The minimum Gasteiger partial charge on any atom is -0.476 e. The zero-order chi connectivity index (χ0) is 19.1. The maximum absolute atomic E-state index is 11.8. The van der Waals surface area contributed by atoms with Crippen LogP contribution in [0.2, 0.25) is 0 Å². The van der Waals surface area contributed by atoms with Crippen LogP contribution in [-0.4, -0.2) is 58.6 Å². The highest BCUT2D eigenvalue weighted by Gasteiger charge is 2.35. The summed E-state index contributed by atoms with van der Waals surface area (Å²) in [5, 5.41) is 18.1. The molecule has 0 aliphatic carbocycles. The third kappa shape index (κ3) is 3.44. The SMILES string of the molecule is CCN(c1nn(-c2ccc(C)c(C)c2)nc1C(=O)O)C1CCS(=O)(=O)C1. The number of aromatic nitrogens is 3. The third-order valence-corrected chi connectivity index (χ3v) is 6.53. The topological polar surface area (TPSA) is 105 Å². The number of carboxylic acids is 1. The first-order chi connectivity index (χ1) is 12.2. The van der Waals surface area contributed by atoms with E-state index in [9.17, 15) is 18.3 Å². The number of aryl methyl sites for hydroxylation is 2. The van der Waals surface area contributed by atoms with Crippen molar-refractivity contribution in [1.29, 1.82) is 0 Å². The molecule has 3 rings (SSSR count). The van der Waals surface area contributed by atoms with Crippen molar-refractivity contribution in [3.8, 4) is 5.69 Å². The molecule has 0 spiro atoms. The van der Waals surface area contributed by atoms with E-state index in [1.807, 2.05) is 39.0 Å². The summed E-state index contributed by atoms with van der Waals surface area (Å²) in [5.74, 6) is -0.854. The van der Waals surface area contributed by atoms with Crippen LogP contribution in [0.15, 0.2) is 18.2 Å². The van der Waals surface area contributed by atoms with Gasteiger partial charge in [0.05, 0.1) is 17.2 Å². The van der Waals surface area contributed by atoms with E-state index in [0.717, 1.165) is 11.1 Å². The molecule has 0 saturated carbocycles. The van der Waals surface area contributed by atoms with Gasteiger partial charge in [0.15, 0.2) is 15.7 Å². The Bertz CT molecular complexity index is 952. The van der Waals surface area contributed by atoms with Crippen molar-refractivity contribution in [2.75, 3.05) is 23.0 Å². The minimum absolute atomic E-state index is 0.0103. The number of hydrogen-bond acceptors (Lipinski definition) is 6. The molecule has 1 N–H and O–H groups in total. The average Bonchev–Trinajstić information content (AvgIpc) is 3.15. The van der Waals surface area contributed by atoms with Gasteiger partial charge in [-0.15, -0.1) is 15.0 Å². The van der Waals surface area contributed by atoms with E-state index in [0.29, 0.717) is 18.7 Å². The predicted molar refractivity (Wildman–Crippen MR) is 97.9 cm³/mol. The fourth-order valence-electron chi connectivity index (χ4n) is 3.20. The summed E-state index contributed by atoms with van der Waals surface area (Å²) in [6.07, 6.45) is 0.464. The van der Waals surface area contributed by atoms with E-state index in [4.69, 9.17) is 0 Å². The summed E-state index contributed by atoms with van der Waals surface area (Å²) in [6, 6.07) is 5.36. The van der Waals surface area contributed by atoms with Gasteiger partial charge in [-0.3, -0.25) is 0 Å². The summed E-state index contributed by atoms with van der Waals surface area (Å²) in [6.45, 7) is 6.25. The highest BCUT2D eigenvalue weighted by molar-refractivity contribution is 7.91. The number of nitrogens with zero attached hydrogens (tertiary/aromatic N) is 4. The largest absolute Gasteiger partial charge is 0.476 e. The molecule has 2 aromatic rings. The zero-order valence-electron chi connectivity index (χ0n) is 15.0. The number of anilines is 1. The van der Waals surface area contributed by atoms with Crippen molar-refractivity contribution in [2.24, 2.45) is 0 Å². The van der Waals surface area contributed by atoms with Gasteiger partial charge in [-0.05, 0) is 50.5 Å². The van der Waals surface area contributed by atoms with Gasteiger partial charge < -0.3 is 10.0 Å². The van der Waals surface area contributed by atoms with E-state index in [-0.39, 0.29) is 29.1 Å². The Kier molecular flexibility index (Phi) is 4.74. The van der Waals surface area contributed by atoms with Crippen molar-refractivity contribution < 1.29 is 18.3 Å². The van der Waals surface area contributed by atoms with E-state index >= 15 is 0 Å². The second kappa shape index (κ2) is 6.71. The van der Waals surface area contributed by atoms with Crippen LogP contribution in [-0.2, 0) is 9.84 Å². The van der Waals surface area contributed by atoms with Crippen LogP contribution >= 0.6 is 0 Å². The van der Waals surface area contributed by atoms with Crippen LogP contribution in [0.5, 0.6) is 0 Å². The summed E-state index contributed by atoms with van der Waals surface area (Å²) in [7, 11) is -3.09. The quantitative estimate of drug-likeness (QED) is 0.842. The highest BCUT2D eigenvalue weighted by atomic mass is 32.2. The molecule has 0 amide bonds. The lowest BCUT2D eigenvalue weighted by molar-refractivity contribution is 0.0690. The summed E-state index contributed by atoms with van der Waals surface area (Å²) >= 11 is 0. The molecule has 1 atom stereocenters. The molecule has 1 saturated heterocycles. The van der Waals surface area contributed by atoms with Crippen LogP contribution in [0.4, 0.5) is 5.82 Å². The maximum Gasteiger partial charge on any atom is 0.360 e. The van der Waals surface area contributed by atoms with Gasteiger partial charge in [-0.25, -0.2) is 13.2 Å². The van der Waals surface area contributed by atoms with Crippen LogP contribution in [0.25, 0.3) is 5.69 Å². The van der Waals surface area contributed by atoms with E-state index in [1.165, 1.54) is 4.80 Å². The number of hydrogen-bond donors (Lipinski definition) is 1. The molecule has 1 aromatic carbocycles. The number of aromatic carboxylic acids is 1. The maximum atomic E-state index is 11.8. The molecule has 1 unspecified atom stereocenters. The van der Waals surface area contributed by atoms with Crippen molar-refractivity contribution >= 4 is 21.6 Å². The van der Waals surface area contributed by atoms with Crippen molar-refractivity contribution in [3.63, 3.8) is 0 Å².